The predicted molar refractivity (Wildman–Crippen MR) is 80.9 cm³/mol. The van der Waals surface area contributed by atoms with E-state index in [0.29, 0.717) is 19.0 Å². The van der Waals surface area contributed by atoms with Crippen molar-refractivity contribution in [3.05, 3.63) is 24.0 Å². The Morgan fingerprint density at radius 3 is 2.90 bits per heavy atom. The van der Waals surface area contributed by atoms with Crippen LogP contribution in [-0.4, -0.2) is 42.7 Å². The molecule has 5 nitrogen and oxygen atoms in total. The van der Waals surface area contributed by atoms with E-state index < -0.39 is 10.0 Å². The fraction of sp³-hybridized carbons (Fsp3) is 0.714. The van der Waals surface area contributed by atoms with Crippen LogP contribution in [0.4, 0.5) is 0 Å². The van der Waals surface area contributed by atoms with E-state index in [1.54, 1.807) is 4.31 Å². The molecule has 2 N–H and O–H groups in total. The highest BCUT2D eigenvalue weighted by Crippen LogP contribution is 2.21. The standard InChI is InChI=1S/C14H25N3O2S/c1-12(15)9-14-6-4-7-16(14)10-13-5-3-8-17(11-13)20(2,18)19/h4,6-7,12-13H,3,5,8-11,15H2,1-2H3. The average molecular weight is 299 g/mol. The van der Waals surface area contributed by atoms with Gasteiger partial charge in [-0.2, -0.15) is 0 Å². The Morgan fingerprint density at radius 2 is 2.25 bits per heavy atom. The molecule has 2 atom stereocenters. The number of piperidine rings is 1. The zero-order valence-electron chi connectivity index (χ0n) is 12.3. The summed E-state index contributed by atoms with van der Waals surface area (Å²) in [7, 11) is -3.06. The van der Waals surface area contributed by atoms with Crippen molar-refractivity contribution in [3.8, 4) is 0 Å². The van der Waals surface area contributed by atoms with Crippen LogP contribution in [0, 0.1) is 5.92 Å². The molecule has 1 saturated heterocycles. The molecule has 0 saturated carbocycles. The maximum atomic E-state index is 11.6. The van der Waals surface area contributed by atoms with E-state index in [2.05, 4.69) is 16.8 Å². The molecular formula is C14H25N3O2S. The summed E-state index contributed by atoms with van der Waals surface area (Å²) < 4.78 is 27.1. The van der Waals surface area contributed by atoms with Crippen molar-refractivity contribution in [1.82, 2.24) is 8.87 Å². The van der Waals surface area contributed by atoms with E-state index in [4.69, 9.17) is 5.73 Å². The first kappa shape index (κ1) is 15.5. The second-order valence-corrected chi connectivity index (χ2v) is 7.94. The fourth-order valence-corrected chi connectivity index (χ4v) is 3.84. The van der Waals surface area contributed by atoms with E-state index in [-0.39, 0.29) is 6.04 Å². The molecule has 0 amide bonds. The van der Waals surface area contributed by atoms with E-state index in [0.717, 1.165) is 25.8 Å². The van der Waals surface area contributed by atoms with E-state index in [9.17, 15) is 8.42 Å². The molecule has 1 aliphatic rings. The molecule has 0 radical (unpaired) electrons. The molecule has 0 aliphatic carbocycles. The van der Waals surface area contributed by atoms with Gasteiger partial charge in [-0.15, -0.1) is 0 Å². The maximum Gasteiger partial charge on any atom is 0.211 e. The molecule has 0 spiro atoms. The molecular weight excluding hydrogens is 274 g/mol. The molecule has 0 aromatic carbocycles. The fourth-order valence-electron chi connectivity index (χ4n) is 2.90. The van der Waals surface area contributed by atoms with Crippen LogP contribution in [0.15, 0.2) is 18.3 Å². The first-order chi connectivity index (χ1) is 9.36. The summed E-state index contributed by atoms with van der Waals surface area (Å²) in [5, 5.41) is 0. The van der Waals surface area contributed by atoms with Crippen LogP contribution < -0.4 is 5.73 Å². The van der Waals surface area contributed by atoms with Crippen LogP contribution in [0.5, 0.6) is 0 Å². The summed E-state index contributed by atoms with van der Waals surface area (Å²) in [6.45, 7) is 4.17. The van der Waals surface area contributed by atoms with Crippen LogP contribution in [0.3, 0.4) is 0 Å². The lowest BCUT2D eigenvalue weighted by Crippen LogP contribution is -2.40. The predicted octanol–water partition coefficient (Wildman–Crippen LogP) is 1.05. The number of rotatable bonds is 5. The molecule has 2 unspecified atom stereocenters. The summed E-state index contributed by atoms with van der Waals surface area (Å²) in [4.78, 5) is 0. The van der Waals surface area contributed by atoms with E-state index in [1.165, 1.54) is 11.9 Å². The van der Waals surface area contributed by atoms with Crippen molar-refractivity contribution in [3.63, 3.8) is 0 Å². The largest absolute Gasteiger partial charge is 0.351 e. The first-order valence-electron chi connectivity index (χ1n) is 7.21. The van der Waals surface area contributed by atoms with Gasteiger partial charge in [0, 0.05) is 44.0 Å². The maximum absolute atomic E-state index is 11.6. The highest BCUT2D eigenvalue weighted by Gasteiger charge is 2.26. The summed E-state index contributed by atoms with van der Waals surface area (Å²) in [5.74, 6) is 0.387. The number of hydrogen-bond donors (Lipinski definition) is 1. The smallest absolute Gasteiger partial charge is 0.211 e. The van der Waals surface area contributed by atoms with Gasteiger partial charge in [0.05, 0.1) is 6.26 Å². The Kier molecular flexibility index (Phi) is 4.88. The normalized spacial score (nSPS) is 22.9. The minimum atomic E-state index is -3.06. The van der Waals surface area contributed by atoms with Crippen molar-refractivity contribution in [2.75, 3.05) is 19.3 Å². The summed E-state index contributed by atoms with van der Waals surface area (Å²) >= 11 is 0. The molecule has 1 aromatic rings. The lowest BCUT2D eigenvalue weighted by molar-refractivity contribution is 0.245. The van der Waals surface area contributed by atoms with Crippen LogP contribution in [-0.2, 0) is 23.0 Å². The SMILES string of the molecule is CC(N)Cc1cccn1CC1CCCN(S(C)(=O)=O)C1. The molecule has 1 aromatic heterocycles. The van der Waals surface area contributed by atoms with Gasteiger partial charge in [-0.25, -0.2) is 12.7 Å². The minimum Gasteiger partial charge on any atom is -0.351 e. The zero-order chi connectivity index (χ0) is 14.8. The van der Waals surface area contributed by atoms with Gasteiger partial charge in [-0.1, -0.05) is 0 Å². The van der Waals surface area contributed by atoms with Crippen molar-refractivity contribution in [1.29, 1.82) is 0 Å². The Labute approximate surface area is 121 Å². The Morgan fingerprint density at radius 1 is 1.50 bits per heavy atom. The number of nitrogens with zero attached hydrogens (tertiary/aromatic N) is 2. The highest BCUT2D eigenvalue weighted by molar-refractivity contribution is 7.88. The third kappa shape index (κ3) is 4.07. The molecule has 20 heavy (non-hydrogen) atoms. The lowest BCUT2D eigenvalue weighted by Gasteiger charge is -2.31. The van der Waals surface area contributed by atoms with Crippen LogP contribution in [0.1, 0.15) is 25.5 Å². The van der Waals surface area contributed by atoms with Crippen LogP contribution in [0.2, 0.25) is 0 Å². The Bertz CT molecular complexity index is 536. The van der Waals surface area contributed by atoms with Gasteiger partial charge in [0.2, 0.25) is 10.0 Å². The van der Waals surface area contributed by atoms with Gasteiger partial charge in [0.1, 0.15) is 0 Å². The van der Waals surface area contributed by atoms with Crippen molar-refractivity contribution >= 4 is 10.0 Å². The van der Waals surface area contributed by atoms with Gasteiger partial charge in [0.15, 0.2) is 0 Å². The average Bonchev–Trinajstić information content (AvgIpc) is 2.75. The minimum absolute atomic E-state index is 0.141. The van der Waals surface area contributed by atoms with E-state index >= 15 is 0 Å². The van der Waals surface area contributed by atoms with Gasteiger partial charge in [-0.3, -0.25) is 0 Å². The zero-order valence-corrected chi connectivity index (χ0v) is 13.1. The van der Waals surface area contributed by atoms with Gasteiger partial charge >= 0.3 is 0 Å². The molecule has 1 aliphatic heterocycles. The molecule has 2 rings (SSSR count). The number of hydrogen-bond acceptors (Lipinski definition) is 3. The highest BCUT2D eigenvalue weighted by atomic mass is 32.2. The summed E-state index contributed by atoms with van der Waals surface area (Å²) in [5.41, 5.74) is 7.10. The second-order valence-electron chi connectivity index (χ2n) is 5.96. The second kappa shape index (κ2) is 6.28. The van der Waals surface area contributed by atoms with Crippen molar-refractivity contribution < 1.29 is 8.42 Å². The quantitative estimate of drug-likeness (QED) is 0.883. The Hall–Kier alpha value is -0.850. The summed E-state index contributed by atoms with van der Waals surface area (Å²) in [6.07, 6.45) is 6.25. The molecule has 114 valence electrons. The number of aromatic nitrogens is 1. The first-order valence-corrected chi connectivity index (χ1v) is 9.06. The third-order valence-electron chi connectivity index (χ3n) is 3.86. The van der Waals surface area contributed by atoms with Gasteiger partial charge in [0.25, 0.3) is 0 Å². The molecule has 6 heteroatoms. The van der Waals surface area contributed by atoms with E-state index in [1.807, 2.05) is 13.0 Å². The Balaban J connectivity index is 2.01. The lowest BCUT2D eigenvalue weighted by atomic mass is 9.99. The topological polar surface area (TPSA) is 68.3 Å². The molecule has 0 bridgehead atoms. The monoisotopic (exact) mass is 299 g/mol. The van der Waals surface area contributed by atoms with Crippen LogP contribution >= 0.6 is 0 Å². The van der Waals surface area contributed by atoms with Gasteiger partial charge < -0.3 is 10.3 Å². The number of sulfonamides is 1. The summed E-state index contributed by atoms with van der Waals surface area (Å²) in [6, 6.07) is 4.28. The van der Waals surface area contributed by atoms with Crippen molar-refractivity contribution in [2.45, 2.75) is 38.8 Å². The van der Waals surface area contributed by atoms with Crippen molar-refractivity contribution in [2.24, 2.45) is 11.7 Å². The molecule has 1 fully saturated rings. The third-order valence-corrected chi connectivity index (χ3v) is 5.13. The number of nitrogens with two attached hydrogens (primary N) is 1. The van der Waals surface area contributed by atoms with Crippen LogP contribution in [0.25, 0.3) is 0 Å². The van der Waals surface area contributed by atoms with Gasteiger partial charge in [-0.05, 0) is 37.8 Å². The molecule has 2 heterocycles.